The molecule has 0 saturated carbocycles. The Morgan fingerprint density at radius 2 is 1.60 bits per heavy atom. The number of benzene rings is 3. The van der Waals surface area contributed by atoms with Gasteiger partial charge in [0.1, 0.15) is 24.2 Å². The van der Waals surface area contributed by atoms with Crippen LogP contribution in [0, 0.1) is 5.82 Å². The van der Waals surface area contributed by atoms with Crippen molar-refractivity contribution in [3.8, 4) is 5.75 Å². The Labute approximate surface area is 243 Å². The molecule has 11 heteroatoms. The third-order valence-electron chi connectivity index (χ3n) is 6.10. The lowest BCUT2D eigenvalue weighted by Crippen LogP contribution is -2.51. The molecule has 1 atom stereocenters. The van der Waals surface area contributed by atoms with Gasteiger partial charge >= 0.3 is 0 Å². The Hall–Kier alpha value is -3.44. The molecule has 3 aromatic carbocycles. The average molecular weight is 635 g/mol. The second kappa shape index (κ2) is 14.3. The summed E-state index contributed by atoms with van der Waals surface area (Å²) < 4.78 is 48.4. The zero-order valence-corrected chi connectivity index (χ0v) is 25.0. The Kier molecular flexibility index (Phi) is 11.1. The van der Waals surface area contributed by atoms with Gasteiger partial charge in [-0.15, -0.1) is 0 Å². The van der Waals surface area contributed by atoms with Crippen molar-refractivity contribution in [2.45, 2.75) is 44.7 Å². The molecule has 214 valence electrons. The first-order valence-electron chi connectivity index (χ1n) is 12.9. The molecule has 0 radical (unpaired) electrons. The van der Waals surface area contributed by atoms with Crippen LogP contribution in [0.25, 0.3) is 0 Å². The average Bonchev–Trinajstić information content (AvgIpc) is 2.94. The summed E-state index contributed by atoms with van der Waals surface area (Å²) in [6.45, 7) is 5.61. The molecule has 0 aliphatic carbocycles. The minimum absolute atomic E-state index is 0.00351. The molecule has 2 amide bonds. The first-order chi connectivity index (χ1) is 19.1. The minimum Gasteiger partial charge on any atom is -0.494 e. The van der Waals surface area contributed by atoms with Crippen LogP contribution in [0.3, 0.4) is 0 Å². The quantitative estimate of drug-likeness (QED) is 0.282. The second-order valence-electron chi connectivity index (χ2n) is 9.01. The van der Waals surface area contributed by atoms with E-state index in [2.05, 4.69) is 21.2 Å². The van der Waals surface area contributed by atoms with Crippen molar-refractivity contribution in [2.24, 2.45) is 0 Å². The molecule has 3 aromatic rings. The third kappa shape index (κ3) is 8.04. The van der Waals surface area contributed by atoms with Crippen LogP contribution < -0.4 is 14.4 Å². The van der Waals surface area contributed by atoms with E-state index in [0.29, 0.717) is 35.4 Å². The van der Waals surface area contributed by atoms with Crippen LogP contribution in [0.1, 0.15) is 32.8 Å². The fourth-order valence-corrected chi connectivity index (χ4v) is 5.58. The molecule has 40 heavy (non-hydrogen) atoms. The molecule has 0 aliphatic heterocycles. The normalized spacial score (nSPS) is 11.9. The zero-order valence-electron chi connectivity index (χ0n) is 22.6. The van der Waals surface area contributed by atoms with E-state index in [-0.39, 0.29) is 23.0 Å². The monoisotopic (exact) mass is 633 g/mol. The molecule has 8 nitrogen and oxygen atoms in total. The number of halogens is 2. The fraction of sp³-hybridized carbons (Fsp3) is 0.310. The number of sulfonamides is 1. The van der Waals surface area contributed by atoms with Gasteiger partial charge in [0, 0.05) is 17.6 Å². The predicted octanol–water partition coefficient (Wildman–Crippen LogP) is 5.13. The lowest BCUT2D eigenvalue weighted by atomic mass is 10.1. The van der Waals surface area contributed by atoms with Gasteiger partial charge in [0.05, 0.1) is 17.2 Å². The van der Waals surface area contributed by atoms with Crippen molar-refractivity contribution in [3.63, 3.8) is 0 Å². The number of ether oxygens (including phenoxy) is 1. The van der Waals surface area contributed by atoms with Crippen LogP contribution in [-0.4, -0.2) is 50.9 Å². The first-order valence-corrected chi connectivity index (χ1v) is 15.1. The maximum atomic E-state index is 13.9. The van der Waals surface area contributed by atoms with Crippen LogP contribution in [-0.2, 0) is 26.2 Å². The van der Waals surface area contributed by atoms with Crippen LogP contribution >= 0.6 is 15.9 Å². The number of anilines is 1. The van der Waals surface area contributed by atoms with Crippen molar-refractivity contribution < 1.29 is 27.1 Å². The summed E-state index contributed by atoms with van der Waals surface area (Å²) in [7, 11) is -4.19. The molecule has 3 rings (SSSR count). The Balaban J connectivity index is 2.01. The SMILES string of the molecule is CCCNC(=O)[C@@H](C)N(Cc1ccc(F)cc1)C(=O)CN(c1ccc(OCC)cc1)S(=O)(=O)c1ccc(Br)cc1. The summed E-state index contributed by atoms with van der Waals surface area (Å²) in [6.07, 6.45) is 0.710. The van der Waals surface area contributed by atoms with E-state index >= 15 is 0 Å². The molecule has 0 heterocycles. The Bertz CT molecular complexity index is 1380. The van der Waals surface area contributed by atoms with Gasteiger partial charge in [-0.05, 0) is 86.5 Å². The smallest absolute Gasteiger partial charge is 0.264 e. The Morgan fingerprint density at radius 3 is 2.17 bits per heavy atom. The van der Waals surface area contributed by atoms with Gasteiger partial charge < -0.3 is 15.0 Å². The van der Waals surface area contributed by atoms with Gasteiger partial charge in [-0.1, -0.05) is 35.0 Å². The van der Waals surface area contributed by atoms with Gasteiger partial charge in [0.15, 0.2) is 0 Å². The lowest BCUT2D eigenvalue weighted by Gasteiger charge is -2.32. The van der Waals surface area contributed by atoms with Gasteiger partial charge in [0.25, 0.3) is 10.0 Å². The van der Waals surface area contributed by atoms with Gasteiger partial charge in [0.2, 0.25) is 11.8 Å². The number of rotatable bonds is 13. The molecular weight excluding hydrogens is 601 g/mol. The van der Waals surface area contributed by atoms with Crippen molar-refractivity contribution in [1.82, 2.24) is 10.2 Å². The number of carbonyl (C=O) groups excluding carboxylic acids is 2. The van der Waals surface area contributed by atoms with Crippen molar-refractivity contribution in [2.75, 3.05) is 24.0 Å². The number of amides is 2. The van der Waals surface area contributed by atoms with Crippen molar-refractivity contribution >= 4 is 43.5 Å². The first kappa shape index (κ1) is 31.1. The number of hydrogen-bond acceptors (Lipinski definition) is 5. The van der Waals surface area contributed by atoms with Gasteiger partial charge in [-0.3, -0.25) is 13.9 Å². The van der Waals surface area contributed by atoms with Crippen molar-refractivity contribution in [1.29, 1.82) is 0 Å². The largest absolute Gasteiger partial charge is 0.494 e. The fourth-order valence-electron chi connectivity index (χ4n) is 3.90. The van der Waals surface area contributed by atoms with Crippen molar-refractivity contribution in [3.05, 3.63) is 88.6 Å². The van der Waals surface area contributed by atoms with Gasteiger partial charge in [-0.25, -0.2) is 12.8 Å². The minimum atomic E-state index is -4.19. The van der Waals surface area contributed by atoms with E-state index in [0.717, 1.165) is 4.31 Å². The van der Waals surface area contributed by atoms with E-state index < -0.39 is 34.3 Å². The second-order valence-corrected chi connectivity index (χ2v) is 11.8. The van der Waals surface area contributed by atoms with E-state index in [1.165, 1.54) is 41.3 Å². The molecule has 1 N–H and O–H groups in total. The molecule has 0 bridgehead atoms. The highest BCUT2D eigenvalue weighted by Gasteiger charge is 2.32. The van der Waals surface area contributed by atoms with Crippen LogP contribution in [0.2, 0.25) is 0 Å². The maximum Gasteiger partial charge on any atom is 0.264 e. The summed E-state index contributed by atoms with van der Waals surface area (Å²) in [4.78, 5) is 28.0. The Morgan fingerprint density at radius 1 is 0.975 bits per heavy atom. The maximum absolute atomic E-state index is 13.9. The van der Waals surface area contributed by atoms with E-state index in [1.807, 2.05) is 13.8 Å². The summed E-state index contributed by atoms with van der Waals surface area (Å²) >= 11 is 3.31. The van der Waals surface area contributed by atoms with Crippen LogP contribution in [0.4, 0.5) is 10.1 Å². The van der Waals surface area contributed by atoms with E-state index in [9.17, 15) is 22.4 Å². The number of nitrogens with zero attached hydrogens (tertiary/aromatic N) is 2. The topological polar surface area (TPSA) is 96.0 Å². The third-order valence-corrected chi connectivity index (χ3v) is 8.42. The number of hydrogen-bond donors (Lipinski definition) is 1. The molecule has 0 spiro atoms. The number of nitrogens with one attached hydrogen (secondary N) is 1. The lowest BCUT2D eigenvalue weighted by molar-refractivity contribution is -0.139. The standard InChI is InChI=1S/C29H33BrFN3O5S/c1-4-18-32-29(36)21(3)33(19-22-6-10-24(31)11-7-22)28(35)20-34(25-12-14-26(15-13-25)39-5-2)40(37,38)27-16-8-23(30)9-17-27/h6-17,21H,4-5,18-20H2,1-3H3,(H,32,36)/t21-/m1/s1. The molecular formula is C29H33BrFN3O5S. The molecule has 0 aromatic heterocycles. The van der Waals surface area contributed by atoms with E-state index in [4.69, 9.17) is 4.74 Å². The number of carbonyl (C=O) groups is 2. The summed E-state index contributed by atoms with van der Waals surface area (Å²) in [6, 6.07) is 17.2. The summed E-state index contributed by atoms with van der Waals surface area (Å²) in [5.74, 6) is -0.853. The molecule has 0 aliphatic rings. The highest BCUT2D eigenvalue weighted by atomic mass is 79.9. The highest BCUT2D eigenvalue weighted by Crippen LogP contribution is 2.27. The van der Waals surface area contributed by atoms with E-state index in [1.54, 1.807) is 43.3 Å². The highest BCUT2D eigenvalue weighted by molar-refractivity contribution is 9.10. The van der Waals surface area contributed by atoms with Gasteiger partial charge in [-0.2, -0.15) is 0 Å². The predicted molar refractivity (Wildman–Crippen MR) is 156 cm³/mol. The van der Waals surface area contributed by atoms with Crippen LogP contribution in [0.15, 0.2) is 82.2 Å². The molecule has 0 saturated heterocycles. The molecule has 0 fully saturated rings. The summed E-state index contributed by atoms with van der Waals surface area (Å²) in [5.41, 5.74) is 0.845. The molecule has 0 unspecified atom stereocenters. The van der Waals surface area contributed by atoms with Crippen LogP contribution in [0.5, 0.6) is 5.75 Å². The summed E-state index contributed by atoms with van der Waals surface area (Å²) in [5, 5.41) is 2.78. The zero-order chi connectivity index (χ0) is 29.3.